The molecule has 0 radical (unpaired) electrons. The van der Waals surface area contributed by atoms with Crippen molar-refractivity contribution in [3.05, 3.63) is 54.3 Å². The van der Waals surface area contributed by atoms with Crippen molar-refractivity contribution in [1.82, 2.24) is 20.2 Å². The second-order valence-electron chi connectivity index (χ2n) is 5.46. The Labute approximate surface area is 148 Å². The molecule has 0 spiro atoms. The molecular weight excluding hydrogens is 339 g/mol. The topological polar surface area (TPSA) is 102 Å². The van der Waals surface area contributed by atoms with E-state index in [4.69, 9.17) is 0 Å². The summed E-state index contributed by atoms with van der Waals surface area (Å²) in [5.74, 6) is -0.557. The molecule has 3 rings (SSSR count). The first-order chi connectivity index (χ1) is 12.5. The van der Waals surface area contributed by atoms with Gasteiger partial charge in [-0.05, 0) is 53.7 Å². The number of nitrogens with one attached hydrogen (secondary N) is 2. The SMILES string of the molecule is CC(=O)Nc1ccc(NC(=O)Cn2nnc(-c3ccc(F)cc3)n2)cc1. The minimum Gasteiger partial charge on any atom is -0.326 e. The monoisotopic (exact) mass is 354 g/mol. The van der Waals surface area contributed by atoms with Gasteiger partial charge in [0.15, 0.2) is 0 Å². The fourth-order valence-corrected chi connectivity index (χ4v) is 2.19. The van der Waals surface area contributed by atoms with Crippen LogP contribution in [0.25, 0.3) is 11.4 Å². The fourth-order valence-electron chi connectivity index (χ4n) is 2.19. The van der Waals surface area contributed by atoms with Gasteiger partial charge in [0, 0.05) is 23.9 Å². The number of amides is 2. The van der Waals surface area contributed by atoms with Crippen LogP contribution < -0.4 is 10.6 Å². The third-order valence-corrected chi connectivity index (χ3v) is 3.33. The Bertz CT molecular complexity index is 921. The first-order valence-electron chi connectivity index (χ1n) is 7.71. The number of benzene rings is 2. The maximum absolute atomic E-state index is 12.9. The highest BCUT2D eigenvalue weighted by molar-refractivity contribution is 5.92. The number of tetrazole rings is 1. The zero-order valence-electron chi connectivity index (χ0n) is 13.8. The van der Waals surface area contributed by atoms with Crippen LogP contribution in [0.2, 0.25) is 0 Å². The summed E-state index contributed by atoms with van der Waals surface area (Å²) in [6, 6.07) is 12.4. The molecule has 2 N–H and O–H groups in total. The molecule has 26 heavy (non-hydrogen) atoms. The van der Waals surface area contributed by atoms with Crippen molar-refractivity contribution < 1.29 is 14.0 Å². The smallest absolute Gasteiger partial charge is 0.248 e. The summed E-state index contributed by atoms with van der Waals surface area (Å²) in [5.41, 5.74) is 1.81. The number of halogens is 1. The van der Waals surface area contributed by atoms with Crippen LogP contribution >= 0.6 is 0 Å². The number of anilines is 2. The summed E-state index contributed by atoms with van der Waals surface area (Å²) in [6.07, 6.45) is 0. The summed E-state index contributed by atoms with van der Waals surface area (Å²) in [6.45, 7) is 1.29. The second-order valence-corrected chi connectivity index (χ2v) is 5.46. The maximum atomic E-state index is 12.9. The quantitative estimate of drug-likeness (QED) is 0.730. The van der Waals surface area contributed by atoms with E-state index in [9.17, 15) is 14.0 Å². The van der Waals surface area contributed by atoms with Crippen LogP contribution in [0.5, 0.6) is 0 Å². The molecule has 0 bridgehead atoms. The summed E-state index contributed by atoms with van der Waals surface area (Å²) in [4.78, 5) is 24.2. The molecule has 0 fully saturated rings. The van der Waals surface area contributed by atoms with Gasteiger partial charge in [-0.15, -0.1) is 10.2 Å². The molecule has 9 heteroatoms. The Morgan fingerprint density at radius 3 is 2.23 bits per heavy atom. The van der Waals surface area contributed by atoms with Gasteiger partial charge in [-0.25, -0.2) is 4.39 Å². The van der Waals surface area contributed by atoms with Crippen molar-refractivity contribution in [3.63, 3.8) is 0 Å². The Hall–Kier alpha value is -3.62. The van der Waals surface area contributed by atoms with Gasteiger partial charge in [0.05, 0.1) is 0 Å². The maximum Gasteiger partial charge on any atom is 0.248 e. The predicted octanol–water partition coefficient (Wildman–Crippen LogP) is 2.08. The van der Waals surface area contributed by atoms with E-state index in [1.807, 2.05) is 0 Å². The van der Waals surface area contributed by atoms with Crippen LogP contribution in [0.3, 0.4) is 0 Å². The average molecular weight is 354 g/mol. The van der Waals surface area contributed by atoms with Gasteiger partial charge in [-0.1, -0.05) is 0 Å². The first-order valence-corrected chi connectivity index (χ1v) is 7.71. The molecule has 0 aliphatic rings. The predicted molar refractivity (Wildman–Crippen MR) is 92.6 cm³/mol. The normalized spacial score (nSPS) is 10.4. The van der Waals surface area contributed by atoms with E-state index in [1.54, 1.807) is 24.3 Å². The lowest BCUT2D eigenvalue weighted by Crippen LogP contribution is -2.20. The molecule has 0 saturated carbocycles. The minimum atomic E-state index is -0.356. The Morgan fingerprint density at radius 1 is 1.00 bits per heavy atom. The van der Waals surface area contributed by atoms with E-state index in [0.717, 1.165) is 4.80 Å². The standard InChI is InChI=1S/C17H15FN6O2/c1-11(25)19-14-6-8-15(9-7-14)20-16(26)10-24-22-17(21-23-24)12-2-4-13(18)5-3-12/h2-9H,10H2,1H3,(H,19,25)(H,20,26). The zero-order chi connectivity index (χ0) is 18.5. The van der Waals surface area contributed by atoms with E-state index >= 15 is 0 Å². The molecule has 1 heterocycles. The van der Waals surface area contributed by atoms with Crippen LogP contribution in [-0.2, 0) is 16.1 Å². The van der Waals surface area contributed by atoms with Crippen LogP contribution in [0.15, 0.2) is 48.5 Å². The average Bonchev–Trinajstić information content (AvgIpc) is 3.05. The van der Waals surface area contributed by atoms with Gasteiger partial charge in [0.1, 0.15) is 12.4 Å². The van der Waals surface area contributed by atoms with Crippen LogP contribution in [-0.4, -0.2) is 32.0 Å². The molecule has 0 unspecified atom stereocenters. The van der Waals surface area contributed by atoms with Gasteiger partial charge < -0.3 is 10.6 Å². The van der Waals surface area contributed by atoms with Crippen molar-refractivity contribution in [1.29, 1.82) is 0 Å². The number of nitrogens with zero attached hydrogens (tertiary/aromatic N) is 4. The van der Waals surface area contributed by atoms with Crippen molar-refractivity contribution >= 4 is 23.2 Å². The number of carbonyl (C=O) groups excluding carboxylic acids is 2. The lowest BCUT2D eigenvalue weighted by atomic mass is 10.2. The highest BCUT2D eigenvalue weighted by Gasteiger charge is 2.10. The van der Waals surface area contributed by atoms with Gasteiger partial charge in [-0.3, -0.25) is 9.59 Å². The molecule has 3 aromatic rings. The van der Waals surface area contributed by atoms with Crippen LogP contribution in [0.1, 0.15) is 6.92 Å². The summed E-state index contributed by atoms with van der Waals surface area (Å²) in [7, 11) is 0. The number of carbonyl (C=O) groups is 2. The lowest BCUT2D eigenvalue weighted by molar-refractivity contribution is -0.117. The zero-order valence-corrected chi connectivity index (χ0v) is 13.8. The number of rotatable bonds is 5. The van der Waals surface area contributed by atoms with Gasteiger partial charge >= 0.3 is 0 Å². The van der Waals surface area contributed by atoms with Crippen LogP contribution in [0, 0.1) is 5.82 Å². The highest BCUT2D eigenvalue weighted by atomic mass is 19.1. The van der Waals surface area contributed by atoms with Crippen molar-refractivity contribution in [2.75, 3.05) is 10.6 Å². The second kappa shape index (κ2) is 7.51. The van der Waals surface area contributed by atoms with E-state index in [-0.39, 0.29) is 24.2 Å². The van der Waals surface area contributed by atoms with E-state index in [0.29, 0.717) is 22.8 Å². The minimum absolute atomic E-state index is 0.123. The molecular formula is C17H15FN6O2. The molecule has 0 atom stereocenters. The molecule has 0 aliphatic heterocycles. The van der Waals surface area contributed by atoms with Crippen LogP contribution in [0.4, 0.5) is 15.8 Å². The van der Waals surface area contributed by atoms with Gasteiger partial charge in [0.25, 0.3) is 0 Å². The molecule has 1 aromatic heterocycles. The molecule has 0 saturated heterocycles. The van der Waals surface area contributed by atoms with E-state index < -0.39 is 0 Å². The Morgan fingerprint density at radius 2 is 1.62 bits per heavy atom. The van der Waals surface area contributed by atoms with Crippen molar-refractivity contribution in [2.45, 2.75) is 13.5 Å². The molecule has 132 valence electrons. The highest BCUT2D eigenvalue weighted by Crippen LogP contribution is 2.15. The largest absolute Gasteiger partial charge is 0.326 e. The lowest BCUT2D eigenvalue weighted by Gasteiger charge is -2.06. The van der Waals surface area contributed by atoms with Crippen molar-refractivity contribution in [3.8, 4) is 11.4 Å². The fraction of sp³-hybridized carbons (Fsp3) is 0.118. The number of hydrogen-bond donors (Lipinski definition) is 2. The van der Waals surface area contributed by atoms with Crippen molar-refractivity contribution in [2.24, 2.45) is 0 Å². The van der Waals surface area contributed by atoms with E-state index in [2.05, 4.69) is 26.0 Å². The summed E-state index contributed by atoms with van der Waals surface area (Å²) >= 11 is 0. The first kappa shape index (κ1) is 17.2. The number of aromatic nitrogens is 4. The molecule has 2 amide bonds. The molecule has 0 aliphatic carbocycles. The Kier molecular flexibility index (Phi) is 4.97. The summed E-state index contributed by atoms with van der Waals surface area (Å²) in [5, 5.41) is 17.1. The molecule has 8 nitrogen and oxygen atoms in total. The third-order valence-electron chi connectivity index (χ3n) is 3.33. The Balaban J connectivity index is 1.60. The van der Waals surface area contributed by atoms with E-state index in [1.165, 1.54) is 31.2 Å². The third kappa shape index (κ3) is 4.47. The number of hydrogen-bond acceptors (Lipinski definition) is 5. The van der Waals surface area contributed by atoms with Gasteiger partial charge in [0.2, 0.25) is 17.6 Å². The van der Waals surface area contributed by atoms with Gasteiger partial charge in [-0.2, -0.15) is 4.80 Å². The molecule has 2 aromatic carbocycles. The summed E-state index contributed by atoms with van der Waals surface area (Å²) < 4.78 is 12.9.